The van der Waals surface area contributed by atoms with E-state index in [2.05, 4.69) is 87.6 Å². The van der Waals surface area contributed by atoms with Crippen molar-refractivity contribution in [3.8, 4) is 0 Å². The number of carbonyl (C=O) groups is 4. The van der Waals surface area contributed by atoms with Crippen LogP contribution in [-0.2, 0) is 42.9 Å². The van der Waals surface area contributed by atoms with E-state index in [-0.39, 0.29) is 25.9 Å². The van der Waals surface area contributed by atoms with Gasteiger partial charge in [0.2, 0.25) is 0 Å². The van der Waals surface area contributed by atoms with Gasteiger partial charge >= 0.3 is 23.9 Å². The van der Waals surface area contributed by atoms with Crippen LogP contribution < -0.4 is 0 Å². The molecule has 0 amide bonds. The zero-order chi connectivity index (χ0) is 50.4. The largest absolute Gasteiger partial charge is 0.479 e. The second kappa shape index (κ2) is 45.1. The van der Waals surface area contributed by atoms with E-state index >= 15 is 0 Å². The SMILES string of the molecule is CC/C=C\C/C=C\C/C=C\C/C=C\C/C=C\CC(=O)OCC(COC1OC(C(=O)O)C(O)C(O)C1OC(=O)CCCCCCC/C=C\C/C=C\CCC)OC(=O)CCCCCCCCCCCCC. The molecule has 3 N–H and O–H groups in total. The van der Waals surface area contributed by atoms with Gasteiger partial charge in [-0.1, -0.05) is 196 Å². The Morgan fingerprint density at radius 3 is 1.52 bits per heavy atom. The van der Waals surface area contributed by atoms with Crippen molar-refractivity contribution >= 4 is 23.9 Å². The highest BCUT2D eigenvalue weighted by molar-refractivity contribution is 5.74. The number of carboxylic acids is 1. The summed E-state index contributed by atoms with van der Waals surface area (Å²) < 4.78 is 28.1. The molecule has 0 aromatic carbocycles. The molecule has 0 spiro atoms. The first-order chi connectivity index (χ1) is 33.6. The summed E-state index contributed by atoms with van der Waals surface area (Å²) in [6, 6.07) is 0. The van der Waals surface area contributed by atoms with Gasteiger partial charge in [-0.25, -0.2) is 4.79 Å². The van der Waals surface area contributed by atoms with Gasteiger partial charge in [0.1, 0.15) is 18.8 Å². The summed E-state index contributed by atoms with van der Waals surface area (Å²) in [6.07, 6.45) is 44.6. The Kier molecular flexibility index (Phi) is 41.1. The minimum Gasteiger partial charge on any atom is -0.479 e. The van der Waals surface area contributed by atoms with Gasteiger partial charge in [-0.3, -0.25) is 14.4 Å². The molecule has 0 bridgehead atoms. The van der Waals surface area contributed by atoms with Crippen LogP contribution in [0.1, 0.15) is 201 Å². The van der Waals surface area contributed by atoms with Crippen LogP contribution in [0.15, 0.2) is 85.1 Å². The Morgan fingerprint density at radius 1 is 0.507 bits per heavy atom. The normalized spacial score (nSPS) is 19.3. The highest BCUT2D eigenvalue weighted by Gasteiger charge is 2.50. The summed E-state index contributed by atoms with van der Waals surface area (Å²) in [5.41, 5.74) is 0. The number of ether oxygens (including phenoxy) is 5. The van der Waals surface area contributed by atoms with Gasteiger partial charge in [0.15, 0.2) is 24.6 Å². The van der Waals surface area contributed by atoms with Crippen molar-refractivity contribution < 1.29 is 58.2 Å². The summed E-state index contributed by atoms with van der Waals surface area (Å²) in [5.74, 6) is -3.31. The number of aliphatic hydroxyl groups excluding tert-OH is 2. The second-order valence-corrected chi connectivity index (χ2v) is 17.8. The molecule has 392 valence electrons. The zero-order valence-electron chi connectivity index (χ0n) is 42.8. The Bertz CT molecular complexity index is 1530. The molecule has 1 aliphatic heterocycles. The van der Waals surface area contributed by atoms with Crippen LogP contribution in [0.5, 0.6) is 0 Å². The van der Waals surface area contributed by atoms with Crippen molar-refractivity contribution in [3.63, 3.8) is 0 Å². The third kappa shape index (κ3) is 35.6. The van der Waals surface area contributed by atoms with E-state index in [4.69, 9.17) is 23.7 Å². The van der Waals surface area contributed by atoms with E-state index in [9.17, 15) is 34.5 Å². The third-order valence-corrected chi connectivity index (χ3v) is 11.5. The fraction of sp³-hybridized carbons (Fsp3) is 0.684. The lowest BCUT2D eigenvalue weighted by atomic mass is 9.98. The molecule has 0 radical (unpaired) electrons. The minimum atomic E-state index is -1.92. The van der Waals surface area contributed by atoms with Crippen molar-refractivity contribution in [3.05, 3.63) is 85.1 Å². The van der Waals surface area contributed by atoms with Gasteiger partial charge in [-0.15, -0.1) is 0 Å². The van der Waals surface area contributed by atoms with Crippen molar-refractivity contribution in [1.82, 2.24) is 0 Å². The monoisotopic (exact) mass is 969 g/mol. The quantitative estimate of drug-likeness (QED) is 0.0229. The minimum absolute atomic E-state index is 0.0173. The van der Waals surface area contributed by atoms with E-state index in [1.54, 1.807) is 6.08 Å². The summed E-state index contributed by atoms with van der Waals surface area (Å²) in [5, 5.41) is 31.3. The molecular formula is C57H92O12. The molecular weight excluding hydrogens is 877 g/mol. The zero-order valence-corrected chi connectivity index (χ0v) is 42.8. The number of unbranched alkanes of at least 4 members (excludes halogenated alkanes) is 16. The number of hydrogen-bond acceptors (Lipinski definition) is 11. The first-order valence-corrected chi connectivity index (χ1v) is 26.6. The standard InChI is InChI=1S/C57H92O12/c1-4-7-10-13-16-19-22-24-25-27-29-31-34-37-40-43-49(58)65-46-48(67-50(59)44-41-38-35-32-28-21-18-15-12-9-6-3)47-66-57-55(53(62)52(61)54(69-57)56(63)64)68-51(60)45-42-39-36-33-30-26-23-20-17-14-11-8-5-2/h7,10-11,14,16,19-20,23-25,29,31,37,40,48,52-55,57,61-62H,4-6,8-9,12-13,15,17-18,21-22,26-28,30,32-36,38-39,41-47H2,1-3H3,(H,63,64)/b10-7-,14-11-,19-16-,23-20-,25-24-,31-29-,40-37-. The van der Waals surface area contributed by atoms with E-state index in [0.29, 0.717) is 19.3 Å². The summed E-state index contributed by atoms with van der Waals surface area (Å²) >= 11 is 0. The predicted molar refractivity (Wildman–Crippen MR) is 275 cm³/mol. The van der Waals surface area contributed by atoms with Crippen molar-refractivity contribution in [2.45, 2.75) is 237 Å². The fourth-order valence-electron chi connectivity index (χ4n) is 7.42. The molecule has 1 saturated heterocycles. The van der Waals surface area contributed by atoms with Crippen LogP contribution in [0, 0.1) is 0 Å². The number of hydrogen-bond donors (Lipinski definition) is 3. The Hall–Kier alpha value is -4.10. The van der Waals surface area contributed by atoms with Crippen LogP contribution in [0.25, 0.3) is 0 Å². The average molecular weight is 969 g/mol. The molecule has 6 unspecified atom stereocenters. The molecule has 6 atom stereocenters. The fourth-order valence-corrected chi connectivity index (χ4v) is 7.42. The van der Waals surface area contributed by atoms with Crippen LogP contribution in [-0.4, -0.2) is 89.2 Å². The Labute approximate surface area is 416 Å². The van der Waals surface area contributed by atoms with Gasteiger partial charge in [0.25, 0.3) is 0 Å². The topological polar surface area (TPSA) is 175 Å². The van der Waals surface area contributed by atoms with Gasteiger partial charge in [0.05, 0.1) is 13.0 Å². The number of allylic oxidation sites excluding steroid dienone is 13. The van der Waals surface area contributed by atoms with Gasteiger partial charge in [-0.2, -0.15) is 0 Å². The highest BCUT2D eigenvalue weighted by atomic mass is 16.7. The number of rotatable bonds is 43. The lowest BCUT2D eigenvalue weighted by molar-refractivity contribution is -0.301. The number of esters is 3. The maximum Gasteiger partial charge on any atom is 0.335 e. The highest BCUT2D eigenvalue weighted by Crippen LogP contribution is 2.26. The molecule has 1 rings (SSSR count). The van der Waals surface area contributed by atoms with Crippen molar-refractivity contribution in [1.29, 1.82) is 0 Å². The number of carbonyl (C=O) groups excluding carboxylic acids is 3. The second-order valence-electron chi connectivity index (χ2n) is 17.8. The molecule has 0 aromatic heterocycles. The molecule has 1 aliphatic rings. The van der Waals surface area contributed by atoms with Crippen molar-refractivity contribution in [2.75, 3.05) is 13.2 Å². The lowest BCUT2D eigenvalue weighted by Gasteiger charge is -2.40. The maximum atomic E-state index is 13.0. The number of carboxylic acid groups (broad SMARTS) is 1. The van der Waals surface area contributed by atoms with Crippen molar-refractivity contribution in [2.24, 2.45) is 0 Å². The molecule has 0 aliphatic carbocycles. The molecule has 12 nitrogen and oxygen atoms in total. The van der Waals surface area contributed by atoms with E-state index in [1.165, 1.54) is 44.9 Å². The van der Waals surface area contributed by atoms with Crippen LogP contribution >= 0.6 is 0 Å². The van der Waals surface area contributed by atoms with Gasteiger partial charge in [0, 0.05) is 12.8 Å². The third-order valence-electron chi connectivity index (χ3n) is 11.5. The molecule has 69 heavy (non-hydrogen) atoms. The average Bonchev–Trinajstić information content (AvgIpc) is 3.33. The van der Waals surface area contributed by atoms with Gasteiger partial charge in [-0.05, 0) is 70.6 Å². The summed E-state index contributed by atoms with van der Waals surface area (Å²) in [4.78, 5) is 50.8. The molecule has 1 heterocycles. The number of aliphatic hydroxyl groups is 2. The Balaban J connectivity index is 2.79. The predicted octanol–water partition coefficient (Wildman–Crippen LogP) is 12.8. The Morgan fingerprint density at radius 2 is 0.986 bits per heavy atom. The van der Waals surface area contributed by atoms with E-state index in [0.717, 1.165) is 96.3 Å². The van der Waals surface area contributed by atoms with E-state index < -0.39 is 67.3 Å². The molecule has 0 aromatic rings. The van der Waals surface area contributed by atoms with E-state index in [1.807, 2.05) is 12.2 Å². The van der Waals surface area contributed by atoms with Gasteiger partial charge < -0.3 is 39.0 Å². The maximum absolute atomic E-state index is 13.0. The number of aliphatic carboxylic acids is 1. The first-order valence-electron chi connectivity index (χ1n) is 26.6. The summed E-state index contributed by atoms with van der Waals surface area (Å²) in [6.45, 7) is 5.68. The lowest BCUT2D eigenvalue weighted by Crippen LogP contribution is -2.61. The smallest absolute Gasteiger partial charge is 0.335 e. The molecule has 1 fully saturated rings. The molecule has 12 heteroatoms. The first kappa shape index (κ1) is 62.9. The van der Waals surface area contributed by atoms with Crippen LogP contribution in [0.2, 0.25) is 0 Å². The van der Waals surface area contributed by atoms with Crippen LogP contribution in [0.3, 0.4) is 0 Å². The molecule has 0 saturated carbocycles. The summed E-state index contributed by atoms with van der Waals surface area (Å²) in [7, 11) is 0. The van der Waals surface area contributed by atoms with Crippen LogP contribution in [0.4, 0.5) is 0 Å².